The molecule has 1 aromatic carbocycles. The predicted molar refractivity (Wildman–Crippen MR) is 122 cm³/mol. The Hall–Kier alpha value is -2.23. The zero-order valence-corrected chi connectivity index (χ0v) is 19.2. The molecule has 0 spiro atoms. The van der Waals surface area contributed by atoms with Gasteiger partial charge < -0.3 is 9.64 Å². The smallest absolute Gasteiger partial charge is 0.267 e. The molecule has 2 aromatic heterocycles. The third-order valence-electron chi connectivity index (χ3n) is 5.28. The highest BCUT2D eigenvalue weighted by atomic mass is 32.2. The first kappa shape index (κ1) is 22.0. The molecule has 4 rings (SSSR count). The number of nitrogens with zero attached hydrogens (tertiary/aromatic N) is 3. The summed E-state index contributed by atoms with van der Waals surface area (Å²) in [6.45, 7) is 6.27. The first-order valence-electron chi connectivity index (χ1n) is 10.3. The summed E-state index contributed by atoms with van der Waals surface area (Å²) >= 11 is 2.77. The van der Waals surface area contributed by atoms with E-state index in [1.807, 2.05) is 6.92 Å². The van der Waals surface area contributed by atoms with Gasteiger partial charge >= 0.3 is 0 Å². The number of thiophene rings is 1. The summed E-state index contributed by atoms with van der Waals surface area (Å²) < 4.78 is 20.3. The van der Waals surface area contributed by atoms with Crippen LogP contribution in [0.3, 0.4) is 0 Å². The minimum Gasteiger partial charge on any atom is -0.378 e. The number of ether oxygens (including phenoxy) is 1. The van der Waals surface area contributed by atoms with Gasteiger partial charge in [0.25, 0.3) is 5.56 Å². The molecule has 0 N–H and O–H groups in total. The summed E-state index contributed by atoms with van der Waals surface area (Å²) in [5, 5.41) is 1.04. The summed E-state index contributed by atoms with van der Waals surface area (Å²) in [5.74, 6) is -0.215. The Morgan fingerprint density at radius 1 is 1.26 bits per heavy atom. The second-order valence-electron chi connectivity index (χ2n) is 7.37. The number of carbonyl (C=O) groups excluding carboxylic acids is 1. The van der Waals surface area contributed by atoms with Crippen LogP contribution >= 0.6 is 23.1 Å². The second kappa shape index (κ2) is 9.50. The van der Waals surface area contributed by atoms with Gasteiger partial charge in [-0.05, 0) is 43.2 Å². The molecular formula is C22H24FN3O3S2. The number of hydrogen-bond donors (Lipinski definition) is 0. The highest BCUT2D eigenvalue weighted by Crippen LogP contribution is 2.31. The number of amides is 1. The van der Waals surface area contributed by atoms with E-state index in [2.05, 4.69) is 6.92 Å². The second-order valence-corrected chi connectivity index (χ2v) is 9.40. The molecule has 3 aromatic rings. The van der Waals surface area contributed by atoms with Crippen molar-refractivity contribution < 1.29 is 13.9 Å². The molecule has 0 saturated carbocycles. The van der Waals surface area contributed by atoms with Gasteiger partial charge in [-0.25, -0.2) is 9.37 Å². The van der Waals surface area contributed by atoms with Crippen molar-refractivity contribution >= 4 is 39.2 Å². The SMILES string of the molecule is CCCc1sc2nc(SCC(=O)N3CCOCC3)n(-c3ccc(F)cc3)c(=O)c2c1C. The van der Waals surface area contributed by atoms with Gasteiger partial charge in [0.1, 0.15) is 10.6 Å². The fraction of sp³-hybridized carbons (Fsp3) is 0.409. The van der Waals surface area contributed by atoms with E-state index in [1.165, 1.54) is 39.8 Å². The summed E-state index contributed by atoms with van der Waals surface area (Å²) in [4.78, 5) is 34.5. The first-order chi connectivity index (χ1) is 15.0. The molecule has 6 nitrogen and oxygen atoms in total. The van der Waals surface area contributed by atoms with Crippen LogP contribution in [0.4, 0.5) is 4.39 Å². The lowest BCUT2D eigenvalue weighted by molar-refractivity contribution is -0.132. The van der Waals surface area contributed by atoms with Gasteiger partial charge in [0.15, 0.2) is 5.16 Å². The van der Waals surface area contributed by atoms with Crippen molar-refractivity contribution in [2.75, 3.05) is 32.1 Å². The molecule has 9 heteroatoms. The predicted octanol–water partition coefficient (Wildman–Crippen LogP) is 3.80. The van der Waals surface area contributed by atoms with Gasteiger partial charge in [0.05, 0.1) is 30.0 Å². The molecule has 164 valence electrons. The van der Waals surface area contributed by atoms with Crippen molar-refractivity contribution in [3.8, 4) is 5.69 Å². The number of rotatable bonds is 6. The number of thioether (sulfide) groups is 1. The van der Waals surface area contributed by atoms with Crippen LogP contribution in [-0.2, 0) is 16.0 Å². The highest BCUT2D eigenvalue weighted by Gasteiger charge is 2.22. The summed E-state index contributed by atoms with van der Waals surface area (Å²) in [5.41, 5.74) is 1.30. The molecule has 3 heterocycles. The Bertz CT molecular complexity index is 1150. The molecule has 0 atom stereocenters. The molecule has 1 saturated heterocycles. The maximum atomic E-state index is 13.5. The Morgan fingerprint density at radius 3 is 2.65 bits per heavy atom. The fourth-order valence-corrected chi connectivity index (χ4v) is 5.86. The monoisotopic (exact) mass is 461 g/mol. The van der Waals surface area contributed by atoms with Crippen molar-refractivity contribution in [3.05, 3.63) is 50.9 Å². The van der Waals surface area contributed by atoms with Crippen LogP contribution < -0.4 is 5.56 Å². The van der Waals surface area contributed by atoms with Crippen LogP contribution in [-0.4, -0.2) is 52.4 Å². The fourth-order valence-electron chi connectivity index (χ4n) is 3.62. The maximum absolute atomic E-state index is 13.5. The van der Waals surface area contributed by atoms with Crippen molar-refractivity contribution in [3.63, 3.8) is 0 Å². The lowest BCUT2D eigenvalue weighted by Gasteiger charge is -2.26. The molecule has 0 bridgehead atoms. The van der Waals surface area contributed by atoms with E-state index in [4.69, 9.17) is 9.72 Å². The van der Waals surface area contributed by atoms with E-state index in [9.17, 15) is 14.0 Å². The highest BCUT2D eigenvalue weighted by molar-refractivity contribution is 7.99. The summed E-state index contributed by atoms with van der Waals surface area (Å²) in [7, 11) is 0. The van der Waals surface area contributed by atoms with E-state index in [0.717, 1.165) is 23.3 Å². The van der Waals surface area contributed by atoms with E-state index >= 15 is 0 Å². The lowest BCUT2D eigenvalue weighted by atomic mass is 10.1. The van der Waals surface area contributed by atoms with Crippen LogP contribution in [0.2, 0.25) is 0 Å². The number of fused-ring (bicyclic) bond motifs is 1. The van der Waals surface area contributed by atoms with Crippen LogP contribution in [0.5, 0.6) is 0 Å². The van der Waals surface area contributed by atoms with Gasteiger partial charge in [-0.1, -0.05) is 25.1 Å². The zero-order valence-electron chi connectivity index (χ0n) is 17.5. The minimum atomic E-state index is -0.375. The van der Waals surface area contributed by atoms with Gasteiger partial charge in [-0.3, -0.25) is 14.2 Å². The van der Waals surface area contributed by atoms with Crippen molar-refractivity contribution in [2.24, 2.45) is 0 Å². The third-order valence-corrected chi connectivity index (χ3v) is 7.45. The van der Waals surface area contributed by atoms with Crippen LogP contribution in [0, 0.1) is 12.7 Å². The Morgan fingerprint density at radius 2 is 1.97 bits per heavy atom. The average Bonchev–Trinajstić information content (AvgIpc) is 3.09. The number of hydrogen-bond acceptors (Lipinski definition) is 6. The quantitative estimate of drug-likeness (QED) is 0.413. The normalized spacial score (nSPS) is 14.4. The molecule has 1 amide bonds. The molecule has 1 aliphatic rings. The average molecular weight is 462 g/mol. The topological polar surface area (TPSA) is 64.4 Å². The van der Waals surface area contributed by atoms with E-state index in [-0.39, 0.29) is 23.0 Å². The zero-order chi connectivity index (χ0) is 22.0. The Labute approximate surface area is 188 Å². The number of halogens is 1. The lowest BCUT2D eigenvalue weighted by Crippen LogP contribution is -2.41. The number of aromatic nitrogens is 2. The first-order valence-corrected chi connectivity index (χ1v) is 12.1. The standard InChI is InChI=1S/C22H24FN3O3S2/c1-3-4-17-14(2)19-20(31-17)24-22(30-13-18(27)25-9-11-29-12-10-25)26(21(19)28)16-7-5-15(23)6-8-16/h5-8H,3-4,9-13H2,1-2H3. The Kier molecular flexibility index (Phi) is 6.74. The van der Waals surface area contributed by atoms with Gasteiger partial charge in [-0.2, -0.15) is 0 Å². The van der Waals surface area contributed by atoms with Crippen molar-refractivity contribution in [2.45, 2.75) is 31.8 Å². The molecule has 1 fully saturated rings. The van der Waals surface area contributed by atoms with Crippen molar-refractivity contribution in [1.82, 2.24) is 14.5 Å². The van der Waals surface area contributed by atoms with Crippen LogP contribution in [0.15, 0.2) is 34.2 Å². The molecule has 0 aliphatic carbocycles. The third kappa shape index (κ3) is 4.53. The summed E-state index contributed by atoms with van der Waals surface area (Å²) in [6, 6.07) is 5.77. The van der Waals surface area contributed by atoms with E-state index < -0.39 is 0 Å². The minimum absolute atomic E-state index is 0.0117. The van der Waals surface area contributed by atoms with E-state index in [1.54, 1.807) is 17.0 Å². The van der Waals surface area contributed by atoms with Gasteiger partial charge in [0.2, 0.25) is 5.91 Å². The number of benzene rings is 1. The maximum Gasteiger partial charge on any atom is 0.267 e. The van der Waals surface area contributed by atoms with Gasteiger partial charge in [0, 0.05) is 18.0 Å². The van der Waals surface area contributed by atoms with Crippen LogP contribution in [0.25, 0.3) is 15.9 Å². The molecule has 0 unspecified atom stereocenters. The summed E-state index contributed by atoms with van der Waals surface area (Å²) in [6.07, 6.45) is 1.87. The van der Waals surface area contributed by atoms with Gasteiger partial charge in [-0.15, -0.1) is 11.3 Å². The number of morpholine rings is 1. The molecule has 1 aliphatic heterocycles. The Balaban J connectivity index is 1.76. The van der Waals surface area contributed by atoms with Crippen LogP contribution in [0.1, 0.15) is 23.8 Å². The number of carbonyl (C=O) groups is 1. The molecule has 0 radical (unpaired) electrons. The molecule has 31 heavy (non-hydrogen) atoms. The molecular weight excluding hydrogens is 437 g/mol. The number of aryl methyl sites for hydroxylation is 2. The van der Waals surface area contributed by atoms with E-state index in [0.29, 0.717) is 47.4 Å². The largest absolute Gasteiger partial charge is 0.378 e. The van der Waals surface area contributed by atoms with Crippen molar-refractivity contribution in [1.29, 1.82) is 0 Å².